The Morgan fingerprint density at radius 1 is 1.05 bits per heavy atom. The first-order valence-corrected chi connectivity index (χ1v) is 13.0. The number of phenolic OH excluding ortho intramolecular Hbond substituents is 1. The smallest absolute Gasteiger partial charge is 0.338 e. The number of carbonyl (C=O) groups is 3. The number of ether oxygens (including phenoxy) is 3. The molecular weight excluding hydrogens is 520 g/mol. The molecule has 2 aliphatic rings. The van der Waals surface area contributed by atoms with Gasteiger partial charge < -0.3 is 24.3 Å². The molecule has 0 bridgehead atoms. The fraction of sp³-hybridized carbons (Fsp3) is 0.280. The highest BCUT2D eigenvalue weighted by molar-refractivity contribution is 8.00. The molecule has 3 aromatic rings. The van der Waals surface area contributed by atoms with Gasteiger partial charge in [0, 0.05) is 10.8 Å². The number of hydrogen-bond donors (Lipinski definition) is 2. The minimum atomic E-state index is -0.833. The molecule has 2 aliphatic heterocycles. The van der Waals surface area contributed by atoms with Crippen molar-refractivity contribution in [3.8, 4) is 17.2 Å². The Morgan fingerprint density at radius 2 is 1.70 bits per heavy atom. The van der Waals surface area contributed by atoms with E-state index in [0.717, 1.165) is 28.0 Å². The molecule has 192 valence electrons. The number of H-pyrrole nitrogens is 1. The minimum Gasteiger partial charge on any atom is -0.502 e. The number of methoxy groups -OCH3 is 2. The molecule has 0 saturated carbocycles. The number of benzene rings is 2. The number of aromatic amines is 1. The third kappa shape index (κ3) is 4.05. The average molecular weight is 543 g/mol. The molecule has 0 spiro atoms. The van der Waals surface area contributed by atoms with Crippen LogP contribution in [-0.4, -0.2) is 54.0 Å². The largest absolute Gasteiger partial charge is 0.502 e. The zero-order valence-electron chi connectivity index (χ0n) is 20.0. The third-order valence-corrected chi connectivity index (χ3v) is 8.72. The number of carbonyl (C=O) groups excluding carboxylic acids is 3. The molecule has 3 heterocycles. The summed E-state index contributed by atoms with van der Waals surface area (Å²) in [6.45, 7) is 1.93. The van der Waals surface area contributed by atoms with Gasteiger partial charge in [-0.15, -0.1) is 0 Å². The van der Waals surface area contributed by atoms with Gasteiger partial charge in [-0.25, -0.2) is 9.69 Å². The summed E-state index contributed by atoms with van der Waals surface area (Å²) < 4.78 is 15.6. The summed E-state index contributed by atoms with van der Waals surface area (Å²) >= 11 is 2.13. The normalized spacial score (nSPS) is 20.4. The minimum absolute atomic E-state index is 0.136. The second-order valence-corrected chi connectivity index (χ2v) is 10.5. The molecule has 2 N–H and O–H groups in total. The lowest BCUT2D eigenvalue weighted by molar-refractivity contribution is -0.122. The maximum absolute atomic E-state index is 13.9. The number of esters is 1. The highest BCUT2D eigenvalue weighted by Crippen LogP contribution is 2.54. The van der Waals surface area contributed by atoms with Crippen LogP contribution in [-0.2, 0) is 14.3 Å². The van der Waals surface area contributed by atoms with Gasteiger partial charge in [0.25, 0.3) is 0 Å². The number of thiazole rings is 1. The Labute approximate surface area is 219 Å². The molecule has 2 amide bonds. The van der Waals surface area contributed by atoms with Crippen LogP contribution in [0.5, 0.6) is 17.2 Å². The molecule has 1 saturated heterocycles. The first-order chi connectivity index (χ1) is 17.8. The first-order valence-electron chi connectivity index (χ1n) is 11.3. The van der Waals surface area contributed by atoms with E-state index in [-0.39, 0.29) is 28.7 Å². The van der Waals surface area contributed by atoms with Crippen LogP contribution in [0.4, 0.5) is 5.69 Å². The Hall–Kier alpha value is -3.77. The van der Waals surface area contributed by atoms with Crippen LogP contribution in [0.15, 0.2) is 46.2 Å². The van der Waals surface area contributed by atoms with Crippen molar-refractivity contribution in [2.75, 3.05) is 25.7 Å². The number of rotatable bonds is 6. The van der Waals surface area contributed by atoms with E-state index in [1.807, 2.05) is 0 Å². The highest BCUT2D eigenvalue weighted by Gasteiger charge is 2.56. The van der Waals surface area contributed by atoms with Crippen molar-refractivity contribution in [2.24, 2.45) is 5.92 Å². The van der Waals surface area contributed by atoms with Crippen molar-refractivity contribution in [3.63, 3.8) is 0 Å². The van der Waals surface area contributed by atoms with E-state index in [1.165, 1.54) is 38.5 Å². The highest BCUT2D eigenvalue weighted by atomic mass is 32.2. The topological polar surface area (TPSA) is 135 Å². The van der Waals surface area contributed by atoms with E-state index >= 15 is 0 Å². The van der Waals surface area contributed by atoms with E-state index in [0.29, 0.717) is 26.7 Å². The third-order valence-electron chi connectivity index (χ3n) is 6.32. The SMILES string of the molecule is CCOC(=O)c1ccc(N2C(=O)[C@H]3[C@H](c4cc(OC)c(O)c(OC)c4)c4sc(=O)[nH]c4S[C@H]3C2=O)cc1. The Balaban J connectivity index is 1.59. The molecular formula is C25H22N2O8S2. The van der Waals surface area contributed by atoms with Crippen LogP contribution >= 0.6 is 23.1 Å². The van der Waals surface area contributed by atoms with Gasteiger partial charge in [-0.05, 0) is 48.9 Å². The van der Waals surface area contributed by atoms with Gasteiger partial charge in [-0.2, -0.15) is 0 Å². The van der Waals surface area contributed by atoms with Gasteiger partial charge in [-0.1, -0.05) is 23.1 Å². The quantitative estimate of drug-likeness (QED) is 0.356. The second kappa shape index (κ2) is 9.60. The van der Waals surface area contributed by atoms with Crippen molar-refractivity contribution >= 4 is 46.6 Å². The maximum Gasteiger partial charge on any atom is 0.338 e. The second-order valence-electron chi connectivity index (χ2n) is 8.30. The van der Waals surface area contributed by atoms with Crippen LogP contribution in [0, 0.1) is 5.92 Å². The van der Waals surface area contributed by atoms with Crippen LogP contribution < -0.4 is 19.2 Å². The molecule has 37 heavy (non-hydrogen) atoms. The number of anilines is 1. The summed E-state index contributed by atoms with van der Waals surface area (Å²) in [6, 6.07) is 9.23. The standard InChI is InChI=1S/C25H22N2O8S2/c1-4-35-24(31)11-5-7-13(8-6-11)27-22(29)17-16(12-9-14(33-2)18(28)15(10-12)34-3)19-21(26-25(32)37-19)36-20(17)23(27)30/h5-10,16-17,20,28H,4H2,1-3H3,(H,26,32)/t16-,17-,20+/m0/s1. The number of hydrogen-bond acceptors (Lipinski definition) is 10. The molecule has 0 unspecified atom stereocenters. The Bertz CT molecular complexity index is 1440. The maximum atomic E-state index is 13.9. The van der Waals surface area contributed by atoms with Gasteiger partial charge >= 0.3 is 10.8 Å². The molecule has 10 nitrogen and oxygen atoms in total. The molecule has 1 aromatic heterocycles. The predicted molar refractivity (Wildman–Crippen MR) is 136 cm³/mol. The molecule has 12 heteroatoms. The summed E-state index contributed by atoms with van der Waals surface area (Å²) in [7, 11) is 2.79. The van der Waals surface area contributed by atoms with E-state index in [2.05, 4.69) is 4.98 Å². The molecule has 0 radical (unpaired) electrons. The van der Waals surface area contributed by atoms with Crippen molar-refractivity contribution in [3.05, 3.63) is 62.1 Å². The van der Waals surface area contributed by atoms with E-state index in [1.54, 1.807) is 19.1 Å². The van der Waals surface area contributed by atoms with E-state index < -0.39 is 34.9 Å². The zero-order valence-corrected chi connectivity index (χ0v) is 21.6. The lowest BCUT2D eigenvalue weighted by atomic mass is 9.83. The summed E-state index contributed by atoms with van der Waals surface area (Å²) in [4.78, 5) is 56.0. The number of imide groups is 1. The lowest BCUT2D eigenvalue weighted by Gasteiger charge is -2.30. The number of aromatic hydroxyl groups is 1. The van der Waals surface area contributed by atoms with Gasteiger partial charge in [-0.3, -0.25) is 14.4 Å². The molecule has 0 aliphatic carbocycles. The van der Waals surface area contributed by atoms with Crippen molar-refractivity contribution < 1.29 is 33.7 Å². The summed E-state index contributed by atoms with van der Waals surface area (Å²) in [5.41, 5.74) is 1.19. The number of thioether (sulfide) groups is 1. The van der Waals surface area contributed by atoms with Crippen LogP contribution in [0.1, 0.15) is 33.6 Å². The number of fused-ring (bicyclic) bond motifs is 2. The van der Waals surface area contributed by atoms with E-state index in [9.17, 15) is 24.3 Å². The number of amides is 2. The van der Waals surface area contributed by atoms with Crippen molar-refractivity contribution in [1.29, 1.82) is 0 Å². The fourth-order valence-corrected chi connectivity index (χ4v) is 7.20. The number of nitrogens with one attached hydrogen (secondary N) is 1. The number of aromatic nitrogens is 1. The zero-order chi connectivity index (χ0) is 26.4. The summed E-state index contributed by atoms with van der Waals surface area (Å²) in [5, 5.41) is 10.1. The van der Waals surface area contributed by atoms with Crippen LogP contribution in [0.3, 0.4) is 0 Å². The van der Waals surface area contributed by atoms with Gasteiger partial charge in [0.15, 0.2) is 11.5 Å². The number of phenols is 1. The average Bonchev–Trinajstić information content (AvgIpc) is 3.38. The van der Waals surface area contributed by atoms with E-state index in [4.69, 9.17) is 14.2 Å². The number of nitrogens with zero attached hydrogens (tertiary/aromatic N) is 1. The summed E-state index contributed by atoms with van der Waals surface area (Å²) in [6.07, 6.45) is 0. The molecule has 2 aromatic carbocycles. The van der Waals surface area contributed by atoms with Gasteiger partial charge in [0.05, 0.1) is 43.0 Å². The molecule has 5 rings (SSSR count). The first kappa shape index (κ1) is 24.9. The lowest BCUT2D eigenvalue weighted by Crippen LogP contribution is -2.32. The predicted octanol–water partition coefficient (Wildman–Crippen LogP) is 3.13. The Morgan fingerprint density at radius 3 is 2.30 bits per heavy atom. The van der Waals surface area contributed by atoms with Crippen molar-refractivity contribution in [1.82, 2.24) is 4.98 Å². The Kier molecular flexibility index (Phi) is 6.46. The van der Waals surface area contributed by atoms with Crippen molar-refractivity contribution in [2.45, 2.75) is 23.1 Å². The fourth-order valence-electron chi connectivity index (χ4n) is 4.68. The van der Waals surface area contributed by atoms with Crippen LogP contribution in [0.25, 0.3) is 0 Å². The summed E-state index contributed by atoms with van der Waals surface area (Å²) in [5.74, 6) is -2.79. The van der Waals surface area contributed by atoms with Crippen LogP contribution in [0.2, 0.25) is 0 Å². The van der Waals surface area contributed by atoms with Gasteiger partial charge in [0.1, 0.15) is 5.25 Å². The monoisotopic (exact) mass is 542 g/mol. The molecule has 1 fully saturated rings. The van der Waals surface area contributed by atoms with Gasteiger partial charge in [0.2, 0.25) is 17.6 Å². The molecule has 3 atom stereocenters.